The summed E-state index contributed by atoms with van der Waals surface area (Å²) < 4.78 is 14.9. The molecule has 32 heavy (non-hydrogen) atoms. The van der Waals surface area contributed by atoms with E-state index in [9.17, 15) is 14.0 Å². The fourth-order valence-corrected chi connectivity index (χ4v) is 4.40. The van der Waals surface area contributed by atoms with Crippen molar-refractivity contribution in [1.82, 2.24) is 14.8 Å². The number of piperidine rings is 1. The van der Waals surface area contributed by atoms with E-state index in [1.54, 1.807) is 21.6 Å². The van der Waals surface area contributed by atoms with Gasteiger partial charge in [0.25, 0.3) is 11.5 Å². The maximum absolute atomic E-state index is 13.2. The summed E-state index contributed by atoms with van der Waals surface area (Å²) in [7, 11) is 0. The molecule has 1 N–H and O–H groups in total. The summed E-state index contributed by atoms with van der Waals surface area (Å²) in [4.78, 5) is 30.2. The van der Waals surface area contributed by atoms with Gasteiger partial charge in [0.15, 0.2) is 0 Å². The molecule has 176 valence electrons. The standard InChI is InChI=1S/C23H29FN4O2.2ClH/c1-17-8-10-28(16-18-3-2-9-25-15-18)23(30)21(17)22(29)27-13-11-26(12-14-27)20-6-4-19(24)5-7-20;;/h4-8,10,18,25H,2-3,9,11-16H2,1H3;2*1H. The van der Waals surface area contributed by atoms with Crippen LogP contribution in [0.15, 0.2) is 41.3 Å². The van der Waals surface area contributed by atoms with Gasteiger partial charge in [0.05, 0.1) is 0 Å². The molecule has 0 spiro atoms. The van der Waals surface area contributed by atoms with Gasteiger partial charge >= 0.3 is 0 Å². The molecule has 4 rings (SSSR count). The Morgan fingerprint density at radius 2 is 1.78 bits per heavy atom. The van der Waals surface area contributed by atoms with Crippen LogP contribution >= 0.6 is 24.8 Å². The highest BCUT2D eigenvalue weighted by Crippen LogP contribution is 2.18. The van der Waals surface area contributed by atoms with Crippen LogP contribution in [0.1, 0.15) is 28.8 Å². The topological polar surface area (TPSA) is 57.6 Å². The van der Waals surface area contributed by atoms with Gasteiger partial charge in [-0.15, -0.1) is 24.8 Å². The van der Waals surface area contributed by atoms with Crippen LogP contribution in [0.25, 0.3) is 0 Å². The first-order valence-electron chi connectivity index (χ1n) is 10.7. The van der Waals surface area contributed by atoms with E-state index in [0.29, 0.717) is 38.6 Å². The molecule has 1 unspecified atom stereocenters. The van der Waals surface area contributed by atoms with Gasteiger partial charge in [-0.05, 0) is 74.7 Å². The van der Waals surface area contributed by atoms with Crippen molar-refractivity contribution in [2.45, 2.75) is 26.3 Å². The summed E-state index contributed by atoms with van der Waals surface area (Å²) >= 11 is 0. The lowest BCUT2D eigenvalue weighted by molar-refractivity contribution is 0.0743. The molecule has 1 amide bonds. The molecule has 0 saturated carbocycles. The Bertz CT molecular complexity index is 953. The lowest BCUT2D eigenvalue weighted by Gasteiger charge is -2.36. The zero-order valence-corrected chi connectivity index (χ0v) is 19.9. The molecule has 1 aromatic carbocycles. The molecular weight excluding hydrogens is 454 g/mol. The highest BCUT2D eigenvalue weighted by molar-refractivity contribution is 5.95. The van der Waals surface area contributed by atoms with Gasteiger partial charge in [0, 0.05) is 44.6 Å². The SMILES string of the molecule is Cc1ccn(CC2CCCNC2)c(=O)c1C(=O)N1CCN(c2ccc(F)cc2)CC1.Cl.Cl. The van der Waals surface area contributed by atoms with Crippen LogP contribution in [0.3, 0.4) is 0 Å². The Kier molecular flexibility index (Phi) is 9.55. The fourth-order valence-electron chi connectivity index (χ4n) is 4.40. The van der Waals surface area contributed by atoms with Gasteiger partial charge in [-0.3, -0.25) is 9.59 Å². The number of carbonyl (C=O) groups excluding carboxylic acids is 1. The highest BCUT2D eigenvalue weighted by Gasteiger charge is 2.26. The van der Waals surface area contributed by atoms with E-state index in [-0.39, 0.29) is 47.7 Å². The third kappa shape index (κ3) is 5.82. The Balaban J connectivity index is 0.00000181. The second kappa shape index (κ2) is 11.7. The predicted octanol–water partition coefficient (Wildman–Crippen LogP) is 3.10. The molecule has 0 aliphatic carbocycles. The van der Waals surface area contributed by atoms with Gasteiger partial charge in [-0.1, -0.05) is 0 Å². The second-order valence-corrected chi connectivity index (χ2v) is 8.30. The summed E-state index contributed by atoms with van der Waals surface area (Å²) in [5.41, 5.74) is 1.77. The van der Waals surface area contributed by atoms with Gasteiger partial charge in [-0.2, -0.15) is 0 Å². The average molecular weight is 485 g/mol. The number of piperazine rings is 1. The van der Waals surface area contributed by atoms with E-state index >= 15 is 0 Å². The number of nitrogens with zero attached hydrogens (tertiary/aromatic N) is 3. The Morgan fingerprint density at radius 3 is 2.41 bits per heavy atom. The first-order valence-corrected chi connectivity index (χ1v) is 10.7. The summed E-state index contributed by atoms with van der Waals surface area (Å²) in [6.07, 6.45) is 4.03. The normalized spacial score (nSPS) is 18.5. The number of halogens is 3. The predicted molar refractivity (Wildman–Crippen MR) is 130 cm³/mol. The molecule has 0 bridgehead atoms. The molecule has 2 fully saturated rings. The van der Waals surface area contributed by atoms with Crippen LogP contribution in [0.5, 0.6) is 0 Å². The zero-order chi connectivity index (χ0) is 21.1. The van der Waals surface area contributed by atoms with E-state index in [1.165, 1.54) is 12.1 Å². The monoisotopic (exact) mass is 484 g/mol. The first-order chi connectivity index (χ1) is 14.5. The van der Waals surface area contributed by atoms with Crippen LogP contribution in [0, 0.1) is 18.7 Å². The number of benzene rings is 1. The maximum atomic E-state index is 13.2. The summed E-state index contributed by atoms with van der Waals surface area (Å²) in [5.74, 6) is -0.0267. The van der Waals surface area contributed by atoms with Gasteiger partial charge in [0.1, 0.15) is 11.4 Å². The fraction of sp³-hybridized carbons (Fsp3) is 0.478. The van der Waals surface area contributed by atoms with E-state index in [4.69, 9.17) is 0 Å². The molecule has 2 aliphatic heterocycles. The molecule has 3 heterocycles. The van der Waals surface area contributed by atoms with Gasteiger partial charge < -0.3 is 19.7 Å². The van der Waals surface area contributed by atoms with Crippen molar-refractivity contribution in [3.8, 4) is 0 Å². The van der Waals surface area contributed by atoms with E-state index in [1.807, 2.05) is 19.2 Å². The molecule has 6 nitrogen and oxygen atoms in total. The van der Waals surface area contributed by atoms with Crippen molar-refractivity contribution in [2.75, 3.05) is 44.2 Å². The average Bonchev–Trinajstić information content (AvgIpc) is 2.77. The minimum absolute atomic E-state index is 0. The van der Waals surface area contributed by atoms with Gasteiger partial charge in [0.2, 0.25) is 0 Å². The summed E-state index contributed by atoms with van der Waals surface area (Å²) in [6, 6.07) is 8.29. The lowest BCUT2D eigenvalue weighted by Crippen LogP contribution is -2.50. The Hall–Kier alpha value is -2.09. The van der Waals surface area contributed by atoms with Crippen molar-refractivity contribution < 1.29 is 9.18 Å². The van der Waals surface area contributed by atoms with Crippen molar-refractivity contribution in [3.63, 3.8) is 0 Å². The van der Waals surface area contributed by atoms with Crippen molar-refractivity contribution in [2.24, 2.45) is 5.92 Å². The molecule has 2 saturated heterocycles. The molecular formula is C23H31Cl2FN4O2. The Morgan fingerprint density at radius 1 is 1.09 bits per heavy atom. The number of carbonyl (C=O) groups is 1. The number of hydrogen-bond acceptors (Lipinski definition) is 4. The van der Waals surface area contributed by atoms with Crippen LogP contribution < -0.4 is 15.8 Å². The lowest BCUT2D eigenvalue weighted by atomic mass is 9.99. The third-order valence-corrected chi connectivity index (χ3v) is 6.20. The van der Waals surface area contributed by atoms with Crippen LogP contribution in [-0.4, -0.2) is 54.6 Å². The van der Waals surface area contributed by atoms with E-state index < -0.39 is 0 Å². The number of amides is 1. The summed E-state index contributed by atoms with van der Waals surface area (Å²) in [6.45, 7) is 6.81. The first kappa shape index (κ1) is 26.2. The molecule has 0 radical (unpaired) electrons. The second-order valence-electron chi connectivity index (χ2n) is 8.30. The zero-order valence-electron chi connectivity index (χ0n) is 18.3. The maximum Gasteiger partial charge on any atom is 0.263 e. The van der Waals surface area contributed by atoms with E-state index in [2.05, 4.69) is 10.2 Å². The number of aromatic nitrogens is 1. The number of hydrogen-bond donors (Lipinski definition) is 1. The summed E-state index contributed by atoms with van der Waals surface area (Å²) in [5, 5.41) is 3.38. The third-order valence-electron chi connectivity index (χ3n) is 6.20. The number of aryl methyl sites for hydroxylation is 1. The number of anilines is 1. The molecule has 9 heteroatoms. The quantitative estimate of drug-likeness (QED) is 0.724. The minimum atomic E-state index is -0.257. The minimum Gasteiger partial charge on any atom is -0.368 e. The van der Waals surface area contributed by atoms with Gasteiger partial charge in [-0.25, -0.2) is 4.39 Å². The van der Waals surface area contributed by atoms with E-state index in [0.717, 1.165) is 37.2 Å². The molecule has 2 aromatic rings. The largest absolute Gasteiger partial charge is 0.368 e. The van der Waals surface area contributed by atoms with Crippen LogP contribution in [0.2, 0.25) is 0 Å². The van der Waals surface area contributed by atoms with Crippen LogP contribution in [-0.2, 0) is 6.54 Å². The smallest absolute Gasteiger partial charge is 0.263 e. The van der Waals surface area contributed by atoms with Crippen molar-refractivity contribution in [1.29, 1.82) is 0 Å². The van der Waals surface area contributed by atoms with Crippen molar-refractivity contribution >= 4 is 36.4 Å². The molecule has 1 aromatic heterocycles. The number of nitrogens with one attached hydrogen (secondary N) is 1. The Labute approximate surface area is 200 Å². The highest BCUT2D eigenvalue weighted by atomic mass is 35.5. The van der Waals surface area contributed by atoms with Crippen LogP contribution in [0.4, 0.5) is 10.1 Å². The molecule has 1 atom stereocenters. The number of pyridine rings is 1. The van der Waals surface area contributed by atoms with Crippen molar-refractivity contribution in [3.05, 3.63) is 63.8 Å². The molecule has 2 aliphatic rings. The number of rotatable bonds is 4.